The first-order valence-electron chi connectivity index (χ1n) is 11.8. The molecule has 8 heteroatoms. The van der Waals surface area contributed by atoms with Gasteiger partial charge >= 0.3 is 5.97 Å². The van der Waals surface area contributed by atoms with E-state index in [1.807, 2.05) is 61.5 Å². The number of nitrogens with zero attached hydrogens (tertiary/aromatic N) is 2. The van der Waals surface area contributed by atoms with Gasteiger partial charge in [0.25, 0.3) is 0 Å². The van der Waals surface area contributed by atoms with Crippen molar-refractivity contribution in [3.8, 4) is 23.0 Å². The number of aryl methyl sites for hydroxylation is 1. The molecule has 0 amide bonds. The van der Waals surface area contributed by atoms with Crippen LogP contribution in [0.5, 0.6) is 11.5 Å². The molecule has 0 saturated carbocycles. The van der Waals surface area contributed by atoms with E-state index in [0.717, 1.165) is 22.6 Å². The predicted molar refractivity (Wildman–Crippen MR) is 138 cm³/mol. The molecular weight excluding hydrogens is 472 g/mol. The fraction of sp³-hybridized carbons (Fsp3) is 0.207. The zero-order valence-corrected chi connectivity index (χ0v) is 21.0. The topological polar surface area (TPSA) is 92.4 Å². The van der Waals surface area contributed by atoms with Crippen LogP contribution in [0.15, 0.2) is 88.4 Å². The fourth-order valence-electron chi connectivity index (χ4n) is 3.43. The summed E-state index contributed by atoms with van der Waals surface area (Å²) < 4.78 is 22.0. The Hall–Kier alpha value is -4.59. The monoisotopic (exact) mass is 500 g/mol. The van der Waals surface area contributed by atoms with Gasteiger partial charge in [-0.3, -0.25) is 0 Å². The standard InChI is InChI=1S/C29H28N2O6/c1-4-34-29(32)27(22-12-16-24(33-3)17-13-22)31-36-18-21-10-14-25(15-11-21)35-19-26-20(2)37-28(30-26)23-8-6-5-7-9-23/h5-17H,4,18-19H2,1-3H3/b31-27+. The minimum Gasteiger partial charge on any atom is -0.497 e. The molecule has 37 heavy (non-hydrogen) atoms. The molecule has 0 spiro atoms. The smallest absolute Gasteiger partial charge is 0.361 e. The molecule has 3 aromatic carbocycles. The number of hydrogen-bond donors (Lipinski definition) is 0. The van der Waals surface area contributed by atoms with Gasteiger partial charge in [-0.25, -0.2) is 9.78 Å². The molecule has 0 fully saturated rings. The molecule has 0 aliphatic rings. The maximum absolute atomic E-state index is 12.4. The number of oxazole rings is 1. The minimum atomic E-state index is -0.560. The molecule has 4 rings (SSSR count). The normalized spacial score (nSPS) is 11.2. The van der Waals surface area contributed by atoms with Crippen molar-refractivity contribution in [3.63, 3.8) is 0 Å². The number of carbonyl (C=O) groups is 1. The van der Waals surface area contributed by atoms with E-state index in [1.165, 1.54) is 0 Å². The van der Waals surface area contributed by atoms with Crippen molar-refractivity contribution in [2.24, 2.45) is 5.16 Å². The number of benzene rings is 3. The lowest BCUT2D eigenvalue weighted by molar-refractivity contribution is -0.135. The first-order chi connectivity index (χ1) is 18.1. The zero-order chi connectivity index (χ0) is 26.0. The van der Waals surface area contributed by atoms with Gasteiger partial charge in [0.15, 0.2) is 5.71 Å². The Bertz CT molecular complexity index is 1330. The van der Waals surface area contributed by atoms with E-state index in [4.69, 9.17) is 23.5 Å². The van der Waals surface area contributed by atoms with Gasteiger partial charge in [0, 0.05) is 11.1 Å². The van der Waals surface area contributed by atoms with E-state index in [0.29, 0.717) is 23.0 Å². The van der Waals surface area contributed by atoms with Crippen LogP contribution in [0, 0.1) is 6.92 Å². The molecule has 0 atom stereocenters. The van der Waals surface area contributed by atoms with Crippen LogP contribution in [0.1, 0.15) is 29.5 Å². The molecule has 0 saturated heterocycles. The van der Waals surface area contributed by atoms with Crippen molar-refractivity contribution in [1.29, 1.82) is 0 Å². The van der Waals surface area contributed by atoms with Gasteiger partial charge in [-0.15, -0.1) is 0 Å². The number of hydrogen-bond acceptors (Lipinski definition) is 8. The third kappa shape index (κ3) is 6.76. The summed E-state index contributed by atoms with van der Waals surface area (Å²) in [5.41, 5.74) is 3.18. The number of ether oxygens (including phenoxy) is 3. The second-order valence-corrected chi connectivity index (χ2v) is 7.98. The quantitative estimate of drug-likeness (QED) is 0.148. The molecule has 1 heterocycles. The summed E-state index contributed by atoms with van der Waals surface area (Å²) in [6.07, 6.45) is 0. The Morgan fingerprint density at radius 1 is 0.919 bits per heavy atom. The molecular formula is C29H28N2O6. The SMILES string of the molecule is CCOC(=O)/C(=N/OCc1ccc(OCc2nc(-c3ccccc3)oc2C)cc1)c1ccc(OC)cc1. The van der Waals surface area contributed by atoms with Gasteiger partial charge < -0.3 is 23.5 Å². The highest BCUT2D eigenvalue weighted by Crippen LogP contribution is 2.23. The van der Waals surface area contributed by atoms with Crippen LogP contribution in [-0.2, 0) is 27.6 Å². The van der Waals surface area contributed by atoms with Crippen molar-refractivity contribution >= 4 is 11.7 Å². The third-order valence-corrected chi connectivity index (χ3v) is 5.43. The van der Waals surface area contributed by atoms with Gasteiger partial charge in [0.2, 0.25) is 5.89 Å². The molecule has 4 aromatic rings. The van der Waals surface area contributed by atoms with Crippen LogP contribution in [0.4, 0.5) is 0 Å². The van der Waals surface area contributed by atoms with Crippen LogP contribution in [0.2, 0.25) is 0 Å². The zero-order valence-electron chi connectivity index (χ0n) is 21.0. The van der Waals surface area contributed by atoms with E-state index in [9.17, 15) is 4.79 Å². The number of methoxy groups -OCH3 is 1. The van der Waals surface area contributed by atoms with E-state index in [-0.39, 0.29) is 25.5 Å². The summed E-state index contributed by atoms with van der Waals surface area (Å²) in [5.74, 6) is 2.08. The maximum atomic E-state index is 12.4. The average molecular weight is 501 g/mol. The lowest BCUT2D eigenvalue weighted by Crippen LogP contribution is -2.19. The van der Waals surface area contributed by atoms with Crippen LogP contribution < -0.4 is 9.47 Å². The van der Waals surface area contributed by atoms with Gasteiger partial charge in [0.1, 0.15) is 36.2 Å². The highest BCUT2D eigenvalue weighted by molar-refractivity contribution is 6.43. The van der Waals surface area contributed by atoms with E-state index in [2.05, 4.69) is 10.1 Å². The summed E-state index contributed by atoms with van der Waals surface area (Å²) in [5, 5.41) is 4.05. The van der Waals surface area contributed by atoms with Gasteiger partial charge in [-0.05, 0) is 67.9 Å². The number of rotatable bonds is 11. The molecule has 8 nitrogen and oxygen atoms in total. The Kier molecular flexibility index (Phi) is 8.54. The van der Waals surface area contributed by atoms with Crippen LogP contribution in [-0.4, -0.2) is 30.4 Å². The lowest BCUT2D eigenvalue weighted by atomic mass is 10.1. The van der Waals surface area contributed by atoms with Crippen molar-refractivity contribution in [3.05, 3.63) is 101 Å². The number of aromatic nitrogens is 1. The Balaban J connectivity index is 1.35. The second kappa shape index (κ2) is 12.4. The molecule has 1 aromatic heterocycles. The van der Waals surface area contributed by atoms with Crippen LogP contribution in [0.3, 0.4) is 0 Å². The predicted octanol–water partition coefficient (Wildman–Crippen LogP) is 5.72. The van der Waals surface area contributed by atoms with Gasteiger partial charge in [-0.1, -0.05) is 35.5 Å². The lowest BCUT2D eigenvalue weighted by Gasteiger charge is -2.08. The van der Waals surface area contributed by atoms with Crippen molar-refractivity contribution in [1.82, 2.24) is 4.98 Å². The van der Waals surface area contributed by atoms with Gasteiger partial charge in [-0.2, -0.15) is 0 Å². The number of esters is 1. The molecule has 0 bridgehead atoms. The number of carbonyl (C=O) groups excluding carboxylic acids is 1. The average Bonchev–Trinajstić information content (AvgIpc) is 3.31. The van der Waals surface area contributed by atoms with Crippen molar-refractivity contribution < 1.29 is 28.3 Å². The van der Waals surface area contributed by atoms with Crippen molar-refractivity contribution in [2.75, 3.05) is 13.7 Å². The molecule has 190 valence electrons. The van der Waals surface area contributed by atoms with Gasteiger partial charge in [0.05, 0.1) is 13.7 Å². The van der Waals surface area contributed by atoms with Crippen LogP contribution >= 0.6 is 0 Å². The van der Waals surface area contributed by atoms with E-state index >= 15 is 0 Å². The fourth-order valence-corrected chi connectivity index (χ4v) is 3.43. The molecule has 0 aliphatic heterocycles. The molecule has 0 radical (unpaired) electrons. The van der Waals surface area contributed by atoms with Crippen molar-refractivity contribution in [2.45, 2.75) is 27.1 Å². The first-order valence-corrected chi connectivity index (χ1v) is 11.8. The van der Waals surface area contributed by atoms with Crippen LogP contribution in [0.25, 0.3) is 11.5 Å². The Morgan fingerprint density at radius 2 is 1.62 bits per heavy atom. The molecule has 0 N–H and O–H groups in total. The van der Waals surface area contributed by atoms with E-state index in [1.54, 1.807) is 38.3 Å². The summed E-state index contributed by atoms with van der Waals surface area (Å²) in [7, 11) is 1.58. The number of oxime groups is 1. The maximum Gasteiger partial charge on any atom is 0.361 e. The molecule has 0 aliphatic carbocycles. The minimum absolute atomic E-state index is 0.0855. The third-order valence-electron chi connectivity index (χ3n) is 5.43. The first kappa shape index (κ1) is 25.5. The summed E-state index contributed by atoms with van der Waals surface area (Å²) in [6, 6.07) is 24.1. The largest absolute Gasteiger partial charge is 0.497 e. The highest BCUT2D eigenvalue weighted by atomic mass is 16.6. The second-order valence-electron chi connectivity index (χ2n) is 7.98. The summed E-state index contributed by atoms with van der Waals surface area (Å²) in [4.78, 5) is 22.4. The molecule has 0 unspecified atom stereocenters. The summed E-state index contributed by atoms with van der Waals surface area (Å²) >= 11 is 0. The highest BCUT2D eigenvalue weighted by Gasteiger charge is 2.17. The summed E-state index contributed by atoms with van der Waals surface area (Å²) in [6.45, 7) is 4.29. The Labute approximate surface area is 215 Å². The van der Waals surface area contributed by atoms with E-state index < -0.39 is 5.97 Å². The Morgan fingerprint density at radius 3 is 2.30 bits per heavy atom.